The van der Waals surface area contributed by atoms with Gasteiger partial charge in [-0.1, -0.05) is 75.9 Å². The van der Waals surface area contributed by atoms with E-state index in [0.717, 1.165) is 0 Å². The van der Waals surface area contributed by atoms with Crippen LogP contribution in [-0.2, 0) is 12.8 Å². The summed E-state index contributed by atoms with van der Waals surface area (Å²) in [6, 6.07) is 13.6. The van der Waals surface area contributed by atoms with Crippen molar-refractivity contribution in [2.75, 3.05) is 0 Å². The molecule has 0 nitrogen and oxygen atoms in total. The Hall–Kier alpha value is -0.300. The van der Waals surface area contributed by atoms with Crippen molar-refractivity contribution in [3.63, 3.8) is 0 Å². The standard InChI is InChI=1S/C20H28.Na.H/c1-3-5-7-11-17-15-16-18-12-9-10-14-20(18)19(17)13-8-6-4-2;;/h9-10,12,14-16H,3-8,11,13H2,1-2H3;;/q;+1;-1. The largest absolute Gasteiger partial charge is 1.00 e. The molecule has 2 aromatic carbocycles. The summed E-state index contributed by atoms with van der Waals surface area (Å²) in [5, 5.41) is 2.89. The third-order valence-electron chi connectivity index (χ3n) is 4.22. The molecule has 0 aliphatic rings. The summed E-state index contributed by atoms with van der Waals surface area (Å²) < 4.78 is 0. The summed E-state index contributed by atoms with van der Waals surface area (Å²) in [7, 11) is 0. The minimum atomic E-state index is 0. The summed E-state index contributed by atoms with van der Waals surface area (Å²) >= 11 is 0. The summed E-state index contributed by atoms with van der Waals surface area (Å²) in [6.07, 6.45) is 10.4. The van der Waals surface area contributed by atoms with E-state index in [0.29, 0.717) is 0 Å². The van der Waals surface area contributed by atoms with Crippen LogP contribution in [0.1, 0.15) is 64.9 Å². The molecule has 21 heavy (non-hydrogen) atoms. The van der Waals surface area contributed by atoms with Crippen molar-refractivity contribution in [1.29, 1.82) is 0 Å². The molecule has 0 saturated carbocycles. The Morgan fingerprint density at radius 3 is 2.14 bits per heavy atom. The first-order valence-electron chi connectivity index (χ1n) is 8.36. The molecule has 0 fully saturated rings. The molecule has 0 amide bonds. The second kappa shape index (κ2) is 10.4. The van der Waals surface area contributed by atoms with E-state index in [4.69, 9.17) is 0 Å². The molecule has 1 heteroatoms. The first-order valence-corrected chi connectivity index (χ1v) is 8.36. The SMILES string of the molecule is CCCCCc1ccc2ccccc2c1CCCCC.[H-].[Na+]. The van der Waals surface area contributed by atoms with Crippen molar-refractivity contribution in [2.45, 2.75) is 65.2 Å². The average molecular weight is 292 g/mol. The Morgan fingerprint density at radius 1 is 0.762 bits per heavy atom. The molecule has 2 aromatic rings. The van der Waals surface area contributed by atoms with E-state index in [-0.39, 0.29) is 31.0 Å². The maximum absolute atomic E-state index is 2.37. The van der Waals surface area contributed by atoms with Gasteiger partial charge in [-0.25, -0.2) is 0 Å². The summed E-state index contributed by atoms with van der Waals surface area (Å²) in [5.41, 5.74) is 3.21. The summed E-state index contributed by atoms with van der Waals surface area (Å²) in [5.74, 6) is 0. The van der Waals surface area contributed by atoms with Gasteiger partial charge in [0.2, 0.25) is 0 Å². The van der Waals surface area contributed by atoms with Crippen LogP contribution in [0.25, 0.3) is 10.8 Å². The number of rotatable bonds is 8. The number of aryl methyl sites for hydroxylation is 2. The Kier molecular flexibility index (Phi) is 9.31. The molecule has 0 aromatic heterocycles. The van der Waals surface area contributed by atoms with Gasteiger partial charge in [-0.15, -0.1) is 0 Å². The van der Waals surface area contributed by atoms with E-state index < -0.39 is 0 Å². The molecule has 110 valence electrons. The minimum Gasteiger partial charge on any atom is -1.00 e. The first kappa shape index (κ1) is 18.7. The van der Waals surface area contributed by atoms with Gasteiger partial charge in [0.25, 0.3) is 0 Å². The van der Waals surface area contributed by atoms with E-state index in [1.807, 2.05) is 0 Å². The summed E-state index contributed by atoms with van der Waals surface area (Å²) in [4.78, 5) is 0. The molecular weight excluding hydrogens is 263 g/mol. The number of unbranched alkanes of at least 4 members (excludes halogenated alkanes) is 4. The zero-order valence-electron chi connectivity index (χ0n) is 15.1. The molecular formula is C20H29Na. The molecule has 2 rings (SSSR count). The second-order valence-electron chi connectivity index (χ2n) is 5.84. The van der Waals surface area contributed by atoms with Gasteiger partial charge in [-0.05, 0) is 47.6 Å². The van der Waals surface area contributed by atoms with Crippen LogP contribution >= 0.6 is 0 Å². The maximum Gasteiger partial charge on any atom is 1.00 e. The fourth-order valence-electron chi connectivity index (χ4n) is 3.03. The van der Waals surface area contributed by atoms with E-state index in [2.05, 4.69) is 50.2 Å². The van der Waals surface area contributed by atoms with E-state index in [1.54, 1.807) is 11.1 Å². The predicted octanol–water partition coefficient (Wildman–Crippen LogP) is 3.42. The van der Waals surface area contributed by atoms with Crippen molar-refractivity contribution in [2.24, 2.45) is 0 Å². The Bertz CT molecular complexity index is 536. The Morgan fingerprint density at radius 2 is 1.43 bits per heavy atom. The van der Waals surface area contributed by atoms with E-state index >= 15 is 0 Å². The molecule has 0 bridgehead atoms. The van der Waals surface area contributed by atoms with Gasteiger partial charge in [0.05, 0.1) is 0 Å². The van der Waals surface area contributed by atoms with Crippen LogP contribution in [0.4, 0.5) is 0 Å². The second-order valence-corrected chi connectivity index (χ2v) is 5.84. The molecule has 0 aliphatic heterocycles. The number of fused-ring (bicyclic) bond motifs is 1. The van der Waals surface area contributed by atoms with Gasteiger partial charge in [-0.3, -0.25) is 0 Å². The Balaban J connectivity index is 0.00000220. The van der Waals surface area contributed by atoms with Gasteiger partial charge in [0.15, 0.2) is 0 Å². The van der Waals surface area contributed by atoms with E-state index in [9.17, 15) is 0 Å². The minimum absolute atomic E-state index is 0. The quantitative estimate of drug-likeness (QED) is 0.516. The van der Waals surface area contributed by atoms with E-state index in [1.165, 1.54) is 62.1 Å². The zero-order chi connectivity index (χ0) is 14.2. The average Bonchev–Trinajstić information content (AvgIpc) is 2.49. The molecule has 0 N–H and O–H groups in total. The van der Waals surface area contributed by atoms with Crippen molar-refractivity contribution in [1.82, 2.24) is 0 Å². The van der Waals surface area contributed by atoms with Crippen molar-refractivity contribution in [3.05, 3.63) is 47.5 Å². The molecule has 0 unspecified atom stereocenters. The van der Waals surface area contributed by atoms with Crippen molar-refractivity contribution < 1.29 is 31.0 Å². The number of hydrogen-bond acceptors (Lipinski definition) is 0. The van der Waals surface area contributed by atoms with Gasteiger partial charge in [0, 0.05) is 0 Å². The normalized spacial score (nSPS) is 10.6. The van der Waals surface area contributed by atoms with Crippen LogP contribution in [-0.4, -0.2) is 0 Å². The third-order valence-corrected chi connectivity index (χ3v) is 4.22. The summed E-state index contributed by atoms with van der Waals surface area (Å²) in [6.45, 7) is 4.56. The monoisotopic (exact) mass is 292 g/mol. The third kappa shape index (κ3) is 5.43. The Labute approximate surface area is 154 Å². The van der Waals surface area contributed by atoms with Crippen molar-refractivity contribution >= 4 is 10.8 Å². The molecule has 0 spiro atoms. The van der Waals surface area contributed by atoms with Gasteiger partial charge in [-0.2, -0.15) is 0 Å². The smallest absolute Gasteiger partial charge is 1.00 e. The van der Waals surface area contributed by atoms with Crippen LogP contribution in [0.5, 0.6) is 0 Å². The fourth-order valence-corrected chi connectivity index (χ4v) is 3.03. The van der Waals surface area contributed by atoms with Gasteiger partial charge >= 0.3 is 29.6 Å². The molecule has 0 atom stereocenters. The molecule has 0 heterocycles. The van der Waals surface area contributed by atoms with Gasteiger partial charge in [0.1, 0.15) is 0 Å². The van der Waals surface area contributed by atoms with Crippen LogP contribution in [0.2, 0.25) is 0 Å². The molecule has 0 saturated heterocycles. The van der Waals surface area contributed by atoms with Gasteiger partial charge < -0.3 is 1.43 Å². The number of hydrogen-bond donors (Lipinski definition) is 0. The topological polar surface area (TPSA) is 0 Å². The number of benzene rings is 2. The molecule has 0 aliphatic carbocycles. The fraction of sp³-hybridized carbons (Fsp3) is 0.500. The van der Waals surface area contributed by atoms with Crippen molar-refractivity contribution in [3.8, 4) is 0 Å². The van der Waals surface area contributed by atoms with Crippen LogP contribution in [0.15, 0.2) is 36.4 Å². The van der Waals surface area contributed by atoms with Crippen LogP contribution in [0, 0.1) is 0 Å². The predicted molar refractivity (Wildman–Crippen MR) is 91.5 cm³/mol. The van der Waals surface area contributed by atoms with Crippen LogP contribution < -0.4 is 29.6 Å². The zero-order valence-corrected chi connectivity index (χ0v) is 16.1. The van der Waals surface area contributed by atoms with Crippen LogP contribution in [0.3, 0.4) is 0 Å². The molecule has 0 radical (unpaired) electrons. The first-order chi connectivity index (χ1) is 9.86. The maximum atomic E-state index is 2.37.